The van der Waals surface area contributed by atoms with Crippen molar-refractivity contribution in [1.29, 1.82) is 0 Å². The zero-order valence-electron chi connectivity index (χ0n) is 12.1. The van der Waals surface area contributed by atoms with Gasteiger partial charge in [-0.1, -0.05) is 0 Å². The summed E-state index contributed by atoms with van der Waals surface area (Å²) < 4.78 is 5.20. The van der Waals surface area contributed by atoms with E-state index in [1.807, 2.05) is 20.8 Å². The van der Waals surface area contributed by atoms with Crippen molar-refractivity contribution in [3.63, 3.8) is 0 Å². The molecule has 0 saturated carbocycles. The largest absolute Gasteiger partial charge is 0.478 e. The van der Waals surface area contributed by atoms with E-state index in [2.05, 4.69) is 10.6 Å². The molecule has 0 aliphatic carbocycles. The maximum Gasteiger partial charge on any atom is 0.338 e. The Hall–Kier alpha value is -1.60. The van der Waals surface area contributed by atoms with Crippen LogP contribution in [0, 0.1) is 13.8 Å². The average Bonchev–Trinajstić information content (AvgIpc) is 2.61. The van der Waals surface area contributed by atoms with Crippen LogP contribution in [0.3, 0.4) is 0 Å². The number of hydrogen-bond donors (Lipinski definition) is 3. The van der Waals surface area contributed by atoms with Crippen LogP contribution in [0.5, 0.6) is 0 Å². The molecule has 3 N–H and O–H groups in total. The number of carboxylic acids is 1. The molecule has 0 radical (unpaired) electrons. The number of nitrogens with one attached hydrogen (secondary N) is 2. The number of rotatable bonds is 6. The maximum absolute atomic E-state index is 11.8. The summed E-state index contributed by atoms with van der Waals surface area (Å²) in [6.45, 7) is 8.25. The molecule has 1 rings (SSSR count). The Kier molecular flexibility index (Phi) is 5.97. The number of carbonyl (C=O) groups is 2. The average molecular weight is 300 g/mol. The van der Waals surface area contributed by atoms with Gasteiger partial charge in [-0.15, -0.1) is 11.3 Å². The van der Waals surface area contributed by atoms with Gasteiger partial charge in [-0.3, -0.25) is 5.32 Å². The Bertz CT molecular complexity index is 499. The second kappa shape index (κ2) is 7.25. The highest BCUT2D eigenvalue weighted by Gasteiger charge is 2.20. The number of anilines is 1. The number of amides is 2. The molecule has 1 aromatic rings. The van der Waals surface area contributed by atoms with Crippen molar-refractivity contribution in [1.82, 2.24) is 5.32 Å². The Balaban J connectivity index is 2.71. The van der Waals surface area contributed by atoms with Crippen molar-refractivity contribution in [3.8, 4) is 0 Å². The van der Waals surface area contributed by atoms with Crippen LogP contribution in [0.4, 0.5) is 9.80 Å². The van der Waals surface area contributed by atoms with Gasteiger partial charge in [0.05, 0.1) is 18.2 Å². The number of carboxylic acid groups (broad SMARTS) is 1. The van der Waals surface area contributed by atoms with E-state index < -0.39 is 12.0 Å². The molecule has 0 aliphatic heterocycles. The summed E-state index contributed by atoms with van der Waals surface area (Å²) >= 11 is 1.26. The second-order valence-corrected chi connectivity index (χ2v) is 5.68. The van der Waals surface area contributed by atoms with E-state index in [0.717, 1.165) is 4.88 Å². The lowest BCUT2D eigenvalue weighted by atomic mass is 10.1. The quantitative estimate of drug-likeness (QED) is 0.753. The number of aromatic carboxylic acids is 1. The molecule has 1 atom stereocenters. The predicted octanol–water partition coefficient (Wildman–Crippen LogP) is 2.61. The second-order valence-electron chi connectivity index (χ2n) is 4.45. The fourth-order valence-electron chi connectivity index (χ4n) is 1.67. The van der Waals surface area contributed by atoms with Crippen molar-refractivity contribution in [3.05, 3.63) is 16.0 Å². The standard InChI is InChI=1S/C13H20N2O4S/c1-5-19-6-7(2)14-13(18)15-11-10(12(16)17)8(3)9(4)20-11/h7H,5-6H2,1-4H3,(H,16,17)(H2,14,15,18). The normalized spacial score (nSPS) is 12.0. The van der Waals surface area contributed by atoms with Gasteiger partial charge < -0.3 is 15.2 Å². The molecule has 6 nitrogen and oxygen atoms in total. The Morgan fingerprint density at radius 3 is 2.60 bits per heavy atom. The summed E-state index contributed by atoms with van der Waals surface area (Å²) in [7, 11) is 0. The van der Waals surface area contributed by atoms with E-state index in [1.165, 1.54) is 11.3 Å². The Labute approximate surface area is 122 Å². The first kappa shape index (κ1) is 16.5. The van der Waals surface area contributed by atoms with Crippen LogP contribution in [-0.2, 0) is 4.74 Å². The van der Waals surface area contributed by atoms with Crippen LogP contribution in [-0.4, -0.2) is 36.4 Å². The maximum atomic E-state index is 11.8. The summed E-state index contributed by atoms with van der Waals surface area (Å²) in [6.07, 6.45) is 0. The minimum absolute atomic E-state index is 0.148. The lowest BCUT2D eigenvalue weighted by Crippen LogP contribution is -2.38. The summed E-state index contributed by atoms with van der Waals surface area (Å²) in [6, 6.07) is -0.577. The minimum atomic E-state index is -1.04. The first-order valence-electron chi connectivity index (χ1n) is 6.35. The SMILES string of the molecule is CCOCC(C)NC(=O)Nc1sc(C)c(C)c1C(=O)O. The fourth-order valence-corrected chi connectivity index (χ4v) is 2.72. The molecule has 1 heterocycles. The van der Waals surface area contributed by atoms with Crippen molar-refractivity contribution in [2.45, 2.75) is 33.7 Å². The minimum Gasteiger partial charge on any atom is -0.478 e. The zero-order valence-corrected chi connectivity index (χ0v) is 12.9. The van der Waals surface area contributed by atoms with Gasteiger partial charge in [0, 0.05) is 11.5 Å². The molecule has 1 aromatic heterocycles. The highest BCUT2D eigenvalue weighted by atomic mass is 32.1. The van der Waals surface area contributed by atoms with E-state index in [9.17, 15) is 14.7 Å². The van der Waals surface area contributed by atoms with Crippen molar-refractivity contribution in [2.24, 2.45) is 0 Å². The van der Waals surface area contributed by atoms with Crippen LogP contribution in [0.25, 0.3) is 0 Å². The van der Waals surface area contributed by atoms with Crippen LogP contribution in [0.2, 0.25) is 0 Å². The van der Waals surface area contributed by atoms with Crippen molar-refractivity contribution in [2.75, 3.05) is 18.5 Å². The van der Waals surface area contributed by atoms with E-state index in [4.69, 9.17) is 4.74 Å². The van der Waals surface area contributed by atoms with Gasteiger partial charge in [-0.25, -0.2) is 9.59 Å². The fraction of sp³-hybridized carbons (Fsp3) is 0.538. The molecule has 20 heavy (non-hydrogen) atoms. The number of aryl methyl sites for hydroxylation is 1. The summed E-state index contributed by atoms with van der Waals surface area (Å²) in [5.41, 5.74) is 0.834. The Morgan fingerprint density at radius 1 is 1.40 bits per heavy atom. The summed E-state index contributed by atoms with van der Waals surface area (Å²) in [5.74, 6) is -1.04. The molecule has 0 fully saturated rings. The number of carbonyl (C=O) groups excluding carboxylic acids is 1. The first-order chi connectivity index (χ1) is 9.36. The smallest absolute Gasteiger partial charge is 0.338 e. The van der Waals surface area contributed by atoms with E-state index in [-0.39, 0.29) is 11.6 Å². The molecule has 2 amide bonds. The van der Waals surface area contributed by atoms with Gasteiger partial charge >= 0.3 is 12.0 Å². The molecule has 0 bridgehead atoms. The van der Waals surface area contributed by atoms with Crippen molar-refractivity contribution < 1.29 is 19.4 Å². The highest BCUT2D eigenvalue weighted by molar-refractivity contribution is 7.16. The molecule has 0 spiro atoms. The number of thiophene rings is 1. The third kappa shape index (κ3) is 4.21. The monoisotopic (exact) mass is 300 g/mol. The van der Waals surface area contributed by atoms with E-state index in [0.29, 0.717) is 23.8 Å². The zero-order chi connectivity index (χ0) is 15.3. The highest BCUT2D eigenvalue weighted by Crippen LogP contribution is 2.32. The molecule has 0 saturated heterocycles. The topological polar surface area (TPSA) is 87.7 Å². The molecular formula is C13H20N2O4S. The third-order valence-corrected chi connectivity index (χ3v) is 3.90. The predicted molar refractivity (Wildman–Crippen MR) is 78.9 cm³/mol. The van der Waals surface area contributed by atoms with Gasteiger partial charge in [0.2, 0.25) is 0 Å². The molecule has 112 valence electrons. The molecule has 0 aromatic carbocycles. The number of hydrogen-bond acceptors (Lipinski definition) is 4. The first-order valence-corrected chi connectivity index (χ1v) is 7.17. The molecular weight excluding hydrogens is 280 g/mol. The summed E-state index contributed by atoms with van der Waals surface area (Å²) in [4.78, 5) is 23.9. The van der Waals surface area contributed by atoms with Crippen LogP contribution >= 0.6 is 11.3 Å². The van der Waals surface area contributed by atoms with Crippen LogP contribution in [0.1, 0.15) is 34.6 Å². The van der Waals surface area contributed by atoms with Crippen LogP contribution in [0.15, 0.2) is 0 Å². The molecule has 0 aliphatic rings. The van der Waals surface area contributed by atoms with Gasteiger partial charge in [0.1, 0.15) is 5.00 Å². The lowest BCUT2D eigenvalue weighted by Gasteiger charge is -2.14. The van der Waals surface area contributed by atoms with E-state index in [1.54, 1.807) is 6.92 Å². The van der Waals surface area contributed by atoms with Gasteiger partial charge in [-0.2, -0.15) is 0 Å². The van der Waals surface area contributed by atoms with Crippen LogP contribution < -0.4 is 10.6 Å². The molecule has 1 unspecified atom stereocenters. The van der Waals surface area contributed by atoms with Gasteiger partial charge in [0.25, 0.3) is 0 Å². The number of urea groups is 1. The Morgan fingerprint density at radius 2 is 2.05 bits per heavy atom. The lowest BCUT2D eigenvalue weighted by molar-refractivity contribution is 0.0697. The number of ether oxygens (including phenoxy) is 1. The van der Waals surface area contributed by atoms with Gasteiger partial charge in [-0.05, 0) is 33.3 Å². The third-order valence-electron chi connectivity index (χ3n) is 2.78. The van der Waals surface area contributed by atoms with Crippen molar-refractivity contribution >= 4 is 28.3 Å². The molecule has 7 heteroatoms. The van der Waals surface area contributed by atoms with Gasteiger partial charge in [0.15, 0.2) is 0 Å². The van der Waals surface area contributed by atoms with E-state index >= 15 is 0 Å². The summed E-state index contributed by atoms with van der Waals surface area (Å²) in [5, 5.41) is 14.8.